The molecule has 41 heavy (non-hydrogen) atoms. The van der Waals surface area contributed by atoms with E-state index in [1.165, 1.54) is 38.1 Å². The summed E-state index contributed by atoms with van der Waals surface area (Å²) in [5.74, 6) is 0.869. The zero-order valence-corrected chi connectivity index (χ0v) is 23.0. The van der Waals surface area contributed by atoms with Crippen molar-refractivity contribution in [1.82, 2.24) is 20.6 Å². The van der Waals surface area contributed by atoms with E-state index in [-0.39, 0.29) is 17.2 Å². The molecule has 0 unspecified atom stereocenters. The molecule has 0 atom stereocenters. The Morgan fingerprint density at radius 2 is 1.93 bits per heavy atom. The minimum absolute atomic E-state index is 0.129. The number of hydrogen-bond donors (Lipinski definition) is 4. The normalized spacial score (nSPS) is 13.1. The Bertz CT molecular complexity index is 1560. The lowest BCUT2D eigenvalue weighted by Crippen LogP contribution is -2.36. The van der Waals surface area contributed by atoms with Crippen molar-refractivity contribution in [3.05, 3.63) is 53.9 Å². The monoisotopic (exact) mass is 574 g/mol. The Morgan fingerprint density at radius 1 is 1.22 bits per heavy atom. The van der Waals surface area contributed by atoms with Crippen LogP contribution in [0.3, 0.4) is 0 Å². The van der Waals surface area contributed by atoms with Gasteiger partial charge < -0.3 is 29.5 Å². The number of aromatic nitrogens is 3. The van der Waals surface area contributed by atoms with E-state index in [9.17, 15) is 15.2 Å². The number of carbonyl (C=O) groups excluding carboxylic acids is 1. The summed E-state index contributed by atoms with van der Waals surface area (Å²) in [5.41, 5.74) is 5.57. The first-order valence-corrected chi connectivity index (χ1v) is 13.2. The van der Waals surface area contributed by atoms with Gasteiger partial charge in [0.1, 0.15) is 17.4 Å². The van der Waals surface area contributed by atoms with Crippen molar-refractivity contribution in [2.24, 2.45) is 5.10 Å². The average Bonchev–Trinajstić information content (AvgIpc) is 3.67. The predicted molar refractivity (Wildman–Crippen MR) is 154 cm³/mol. The molecule has 1 aliphatic rings. The van der Waals surface area contributed by atoms with Crippen LogP contribution < -0.4 is 25.1 Å². The number of anilines is 2. The number of morpholine rings is 1. The highest BCUT2D eigenvalue weighted by Gasteiger charge is 2.26. The van der Waals surface area contributed by atoms with Crippen molar-refractivity contribution in [1.29, 1.82) is 5.26 Å². The van der Waals surface area contributed by atoms with Gasteiger partial charge in [0, 0.05) is 29.9 Å². The molecular formula is C27H26N8O5S. The second-order valence-corrected chi connectivity index (χ2v) is 9.71. The number of amides is 2. The highest BCUT2D eigenvalue weighted by atomic mass is 32.1. The van der Waals surface area contributed by atoms with Crippen LogP contribution in [0.1, 0.15) is 11.1 Å². The number of hydrazone groups is 1. The van der Waals surface area contributed by atoms with Crippen LogP contribution in [0.5, 0.6) is 17.2 Å². The first kappa shape index (κ1) is 27.4. The molecule has 14 heteroatoms. The molecule has 0 bridgehead atoms. The molecule has 0 radical (unpaired) electrons. The third-order valence-electron chi connectivity index (χ3n) is 6.24. The summed E-state index contributed by atoms with van der Waals surface area (Å²) in [7, 11) is 2.84. The molecule has 4 aromatic rings. The predicted octanol–water partition coefficient (Wildman–Crippen LogP) is 3.79. The van der Waals surface area contributed by atoms with Crippen LogP contribution in [-0.2, 0) is 4.74 Å². The molecule has 2 aromatic carbocycles. The molecule has 2 amide bonds. The van der Waals surface area contributed by atoms with Crippen molar-refractivity contribution in [2.45, 2.75) is 0 Å². The van der Waals surface area contributed by atoms with E-state index in [1.54, 1.807) is 24.3 Å². The lowest BCUT2D eigenvalue weighted by atomic mass is 10.0. The molecule has 1 fully saturated rings. The molecule has 0 saturated carbocycles. The van der Waals surface area contributed by atoms with Crippen molar-refractivity contribution in [3.63, 3.8) is 0 Å². The summed E-state index contributed by atoms with van der Waals surface area (Å²) in [6.45, 7) is 2.58. The number of H-pyrrole nitrogens is 1. The largest absolute Gasteiger partial charge is 0.502 e. The number of phenols is 1. The Morgan fingerprint density at radius 3 is 2.54 bits per heavy atom. The summed E-state index contributed by atoms with van der Waals surface area (Å²) in [5, 5.41) is 34.6. The van der Waals surface area contributed by atoms with Crippen LogP contribution in [0.4, 0.5) is 15.5 Å². The van der Waals surface area contributed by atoms with Crippen molar-refractivity contribution in [3.8, 4) is 45.1 Å². The maximum absolute atomic E-state index is 12.4. The molecule has 3 heterocycles. The van der Waals surface area contributed by atoms with Gasteiger partial charge in [-0.2, -0.15) is 15.5 Å². The number of nitriles is 1. The van der Waals surface area contributed by atoms with Crippen LogP contribution in [0, 0.1) is 11.3 Å². The van der Waals surface area contributed by atoms with Gasteiger partial charge in [-0.25, -0.2) is 15.2 Å². The second kappa shape index (κ2) is 12.4. The van der Waals surface area contributed by atoms with Gasteiger partial charge in [0.15, 0.2) is 17.3 Å². The number of carbonyl (C=O) groups is 1. The van der Waals surface area contributed by atoms with Crippen LogP contribution >= 0.6 is 11.3 Å². The number of urea groups is 1. The van der Waals surface area contributed by atoms with E-state index in [0.717, 1.165) is 21.0 Å². The van der Waals surface area contributed by atoms with E-state index in [1.807, 2.05) is 12.1 Å². The number of nitrogens with zero attached hydrogens (tertiary/aromatic N) is 5. The van der Waals surface area contributed by atoms with E-state index in [0.29, 0.717) is 48.9 Å². The van der Waals surface area contributed by atoms with Gasteiger partial charge in [-0.1, -0.05) is 12.1 Å². The number of phenolic OH excluding ortho intramolecular Hbond substituents is 1. The summed E-state index contributed by atoms with van der Waals surface area (Å²) < 4.78 is 15.7. The zero-order valence-electron chi connectivity index (χ0n) is 22.2. The number of ether oxygens (including phenoxy) is 3. The first-order valence-electron chi connectivity index (χ1n) is 12.4. The highest BCUT2D eigenvalue weighted by Crippen LogP contribution is 2.46. The van der Waals surface area contributed by atoms with E-state index < -0.39 is 6.03 Å². The Hall–Kier alpha value is -5.13. The van der Waals surface area contributed by atoms with Crippen LogP contribution in [0.2, 0.25) is 0 Å². The molecule has 4 N–H and O–H groups in total. The van der Waals surface area contributed by atoms with Crippen molar-refractivity contribution >= 4 is 34.3 Å². The third kappa shape index (κ3) is 5.91. The fourth-order valence-corrected chi connectivity index (χ4v) is 5.57. The van der Waals surface area contributed by atoms with Gasteiger partial charge in [-0.3, -0.25) is 5.10 Å². The van der Waals surface area contributed by atoms with Crippen LogP contribution in [-0.4, -0.2) is 73.1 Å². The smallest absolute Gasteiger partial charge is 0.339 e. The Balaban J connectivity index is 1.33. The SMILES string of the molecule is COc1cc(/C=N/NC(=O)Nc2ccc(-c3c(-c4ncn[nH]4)sc(N4CCOCC4)c3C#N)cc2)cc(OC)c1O. The highest BCUT2D eigenvalue weighted by molar-refractivity contribution is 7.20. The number of rotatable bonds is 8. The fourth-order valence-electron chi connectivity index (χ4n) is 4.30. The number of nitrogens with one attached hydrogen (secondary N) is 3. The lowest BCUT2D eigenvalue weighted by molar-refractivity contribution is 0.123. The number of aromatic hydroxyl groups is 1. The minimum Gasteiger partial charge on any atom is -0.502 e. The van der Waals surface area contributed by atoms with Crippen LogP contribution in [0.25, 0.3) is 21.8 Å². The van der Waals surface area contributed by atoms with Gasteiger partial charge in [0.25, 0.3) is 0 Å². The summed E-state index contributed by atoms with van der Waals surface area (Å²) in [6.07, 6.45) is 2.83. The lowest BCUT2D eigenvalue weighted by Gasteiger charge is -2.27. The number of benzene rings is 2. The minimum atomic E-state index is -0.558. The van der Waals surface area contributed by atoms with Gasteiger partial charge in [0.2, 0.25) is 5.75 Å². The number of aromatic amines is 1. The topological polar surface area (TPSA) is 170 Å². The summed E-state index contributed by atoms with van der Waals surface area (Å²) >= 11 is 1.49. The van der Waals surface area contributed by atoms with E-state index >= 15 is 0 Å². The maximum atomic E-state index is 12.4. The maximum Gasteiger partial charge on any atom is 0.339 e. The molecule has 13 nitrogen and oxygen atoms in total. The van der Waals surface area contributed by atoms with Gasteiger partial charge >= 0.3 is 6.03 Å². The molecule has 2 aromatic heterocycles. The molecule has 1 aliphatic heterocycles. The van der Waals surface area contributed by atoms with E-state index in [4.69, 9.17) is 14.2 Å². The molecule has 0 spiro atoms. The Kier molecular flexibility index (Phi) is 8.28. The van der Waals surface area contributed by atoms with E-state index in [2.05, 4.69) is 42.0 Å². The molecule has 1 saturated heterocycles. The second-order valence-electron chi connectivity index (χ2n) is 8.71. The zero-order chi connectivity index (χ0) is 28.8. The molecular weight excluding hydrogens is 548 g/mol. The number of methoxy groups -OCH3 is 2. The summed E-state index contributed by atoms with van der Waals surface area (Å²) in [6, 6.07) is 12.1. The average molecular weight is 575 g/mol. The molecule has 0 aliphatic carbocycles. The standard InChI is InChI=1S/C27H26N8O5S/c1-38-20-11-16(12-21(39-2)23(20)36)14-30-34-27(37)32-18-5-3-17(4-6-18)22-19(13-28)26(35-7-9-40-10-8-35)41-24(22)25-29-15-31-33-25/h3-6,11-12,14-15,36H,7-10H2,1-2H3,(H,29,31,33)(H2,32,34,37)/b30-14+. The molecule has 210 valence electrons. The molecule has 5 rings (SSSR count). The van der Waals surface area contributed by atoms with Gasteiger partial charge in [0.05, 0.1) is 44.1 Å². The van der Waals surface area contributed by atoms with Gasteiger partial charge in [-0.05, 0) is 29.8 Å². The van der Waals surface area contributed by atoms with Crippen molar-refractivity contribution < 1.29 is 24.1 Å². The quantitative estimate of drug-likeness (QED) is 0.181. The number of hydrogen-bond acceptors (Lipinski definition) is 11. The third-order valence-corrected chi connectivity index (χ3v) is 7.50. The van der Waals surface area contributed by atoms with Crippen LogP contribution in [0.15, 0.2) is 47.8 Å². The Labute approximate surface area is 239 Å². The van der Waals surface area contributed by atoms with Crippen molar-refractivity contribution in [2.75, 3.05) is 50.7 Å². The number of thiophene rings is 1. The fraction of sp³-hybridized carbons (Fsp3) is 0.222. The van der Waals surface area contributed by atoms with Gasteiger partial charge in [-0.15, -0.1) is 11.3 Å². The first-order chi connectivity index (χ1) is 20.0. The summed E-state index contributed by atoms with van der Waals surface area (Å²) in [4.78, 5) is 19.7.